The maximum absolute atomic E-state index is 11.5. The molecular weight excluding hydrogens is 306 g/mol. The van der Waals surface area contributed by atoms with Gasteiger partial charge in [-0.15, -0.1) is 0 Å². The second-order valence-electron chi connectivity index (χ2n) is 4.25. The van der Waals surface area contributed by atoms with E-state index >= 15 is 0 Å². The van der Waals surface area contributed by atoms with E-state index in [2.05, 4.69) is 14.7 Å². The first-order chi connectivity index (χ1) is 10.2. The lowest BCUT2D eigenvalue weighted by molar-refractivity contribution is -0.118. The zero-order chi connectivity index (χ0) is 15.1. The zero-order valence-electron chi connectivity index (χ0n) is 12.0. The van der Waals surface area contributed by atoms with Crippen LogP contribution in [0.25, 0.3) is 11.4 Å². The standard InChI is InChI=1S/C14H17N3O2S2/c1-3-8-15-12(18)9-20-14-16-13(17-21-14)10-4-6-11(19-2)7-5-10/h4-7H,3,8-9H2,1-2H3,(H,15,18). The number of rotatable bonds is 7. The van der Waals surface area contributed by atoms with Crippen LogP contribution in [0, 0.1) is 0 Å². The Morgan fingerprint density at radius 1 is 1.38 bits per heavy atom. The van der Waals surface area contributed by atoms with Crippen molar-refractivity contribution in [1.82, 2.24) is 14.7 Å². The van der Waals surface area contributed by atoms with Crippen LogP contribution in [0.15, 0.2) is 28.6 Å². The fourth-order valence-electron chi connectivity index (χ4n) is 1.57. The van der Waals surface area contributed by atoms with Crippen LogP contribution in [-0.2, 0) is 4.79 Å². The first kappa shape index (κ1) is 15.8. The van der Waals surface area contributed by atoms with Gasteiger partial charge in [0.25, 0.3) is 0 Å². The molecule has 0 fully saturated rings. The van der Waals surface area contributed by atoms with Gasteiger partial charge in [-0.05, 0) is 42.2 Å². The normalized spacial score (nSPS) is 10.4. The van der Waals surface area contributed by atoms with Crippen LogP contribution < -0.4 is 10.1 Å². The van der Waals surface area contributed by atoms with Crippen LogP contribution in [0.2, 0.25) is 0 Å². The quantitative estimate of drug-likeness (QED) is 0.794. The van der Waals surface area contributed by atoms with E-state index in [-0.39, 0.29) is 5.91 Å². The molecule has 0 saturated carbocycles. The second kappa shape index (κ2) is 7.99. The Balaban J connectivity index is 1.92. The number of carbonyl (C=O) groups excluding carboxylic acids is 1. The summed E-state index contributed by atoms with van der Waals surface area (Å²) in [6.07, 6.45) is 0.941. The molecule has 1 heterocycles. The molecule has 0 aliphatic rings. The molecule has 1 N–H and O–H groups in total. The highest BCUT2D eigenvalue weighted by Gasteiger charge is 2.09. The van der Waals surface area contributed by atoms with Gasteiger partial charge in [0.15, 0.2) is 10.2 Å². The monoisotopic (exact) mass is 323 g/mol. The largest absolute Gasteiger partial charge is 0.497 e. The molecule has 0 bridgehead atoms. The number of nitrogens with one attached hydrogen (secondary N) is 1. The number of methoxy groups -OCH3 is 1. The van der Waals surface area contributed by atoms with Crippen molar-refractivity contribution in [2.24, 2.45) is 0 Å². The molecule has 0 aliphatic heterocycles. The van der Waals surface area contributed by atoms with Gasteiger partial charge in [-0.25, -0.2) is 4.98 Å². The number of hydrogen-bond donors (Lipinski definition) is 1. The lowest BCUT2D eigenvalue weighted by Gasteiger charge is -2.01. The summed E-state index contributed by atoms with van der Waals surface area (Å²) in [6, 6.07) is 7.59. The van der Waals surface area contributed by atoms with E-state index in [0.29, 0.717) is 18.1 Å². The van der Waals surface area contributed by atoms with Gasteiger partial charge < -0.3 is 10.1 Å². The van der Waals surface area contributed by atoms with Gasteiger partial charge >= 0.3 is 0 Å². The molecule has 0 unspecified atom stereocenters. The van der Waals surface area contributed by atoms with E-state index in [4.69, 9.17) is 4.74 Å². The Hall–Kier alpha value is -1.60. The van der Waals surface area contributed by atoms with Gasteiger partial charge in [-0.3, -0.25) is 4.79 Å². The Bertz CT molecular complexity index is 584. The van der Waals surface area contributed by atoms with Crippen LogP contribution in [0.1, 0.15) is 13.3 Å². The third-order valence-electron chi connectivity index (χ3n) is 2.65. The van der Waals surface area contributed by atoms with Crippen molar-refractivity contribution < 1.29 is 9.53 Å². The molecule has 112 valence electrons. The third-order valence-corrected chi connectivity index (χ3v) is 4.49. The van der Waals surface area contributed by atoms with Gasteiger partial charge in [-0.1, -0.05) is 18.7 Å². The molecule has 0 saturated heterocycles. The molecule has 5 nitrogen and oxygen atoms in total. The predicted octanol–water partition coefficient (Wildman–Crippen LogP) is 2.83. The van der Waals surface area contributed by atoms with Gasteiger partial charge in [-0.2, -0.15) is 4.37 Å². The molecule has 0 spiro atoms. The molecule has 0 aliphatic carbocycles. The van der Waals surface area contributed by atoms with Crippen molar-refractivity contribution in [2.75, 3.05) is 19.4 Å². The molecule has 1 aromatic heterocycles. The fraction of sp³-hybridized carbons (Fsp3) is 0.357. The van der Waals surface area contributed by atoms with Gasteiger partial charge in [0.1, 0.15) is 5.75 Å². The Morgan fingerprint density at radius 2 is 2.14 bits per heavy atom. The average molecular weight is 323 g/mol. The molecule has 1 aromatic carbocycles. The third kappa shape index (κ3) is 4.71. The summed E-state index contributed by atoms with van der Waals surface area (Å²) >= 11 is 2.72. The second-order valence-corrected chi connectivity index (χ2v) is 6.23. The van der Waals surface area contributed by atoms with Crippen LogP contribution in [0.5, 0.6) is 5.75 Å². The molecule has 7 heteroatoms. The van der Waals surface area contributed by atoms with Crippen molar-refractivity contribution in [3.8, 4) is 17.1 Å². The number of amides is 1. The van der Waals surface area contributed by atoms with E-state index < -0.39 is 0 Å². The smallest absolute Gasteiger partial charge is 0.230 e. The topological polar surface area (TPSA) is 64.1 Å². The van der Waals surface area contributed by atoms with Gasteiger partial charge in [0.05, 0.1) is 12.9 Å². The molecular formula is C14H17N3O2S2. The van der Waals surface area contributed by atoms with E-state index in [0.717, 1.165) is 22.1 Å². The first-order valence-corrected chi connectivity index (χ1v) is 8.36. The summed E-state index contributed by atoms with van der Waals surface area (Å²) in [5.74, 6) is 1.88. The SMILES string of the molecule is CCCNC(=O)CSc1nc(-c2ccc(OC)cc2)ns1. The number of benzene rings is 1. The van der Waals surface area contributed by atoms with Crippen LogP contribution in [0.4, 0.5) is 0 Å². The summed E-state index contributed by atoms with van der Waals surface area (Å²) in [6.45, 7) is 2.74. The highest BCUT2D eigenvalue weighted by molar-refractivity contribution is 8.01. The van der Waals surface area contributed by atoms with Crippen LogP contribution >= 0.6 is 23.3 Å². The summed E-state index contributed by atoms with van der Waals surface area (Å²) in [7, 11) is 1.63. The number of ether oxygens (including phenoxy) is 1. The molecule has 0 atom stereocenters. The minimum absolute atomic E-state index is 0.0306. The first-order valence-electron chi connectivity index (χ1n) is 6.60. The Kier molecular flexibility index (Phi) is 6.01. The molecule has 0 radical (unpaired) electrons. The molecule has 21 heavy (non-hydrogen) atoms. The number of thioether (sulfide) groups is 1. The maximum Gasteiger partial charge on any atom is 0.230 e. The van der Waals surface area contributed by atoms with E-state index in [1.807, 2.05) is 31.2 Å². The molecule has 2 rings (SSSR count). The fourth-order valence-corrected chi connectivity index (χ4v) is 3.01. The lowest BCUT2D eigenvalue weighted by atomic mass is 10.2. The molecule has 2 aromatic rings. The lowest BCUT2D eigenvalue weighted by Crippen LogP contribution is -2.25. The molecule has 1 amide bonds. The van der Waals surface area contributed by atoms with Crippen molar-refractivity contribution in [3.63, 3.8) is 0 Å². The maximum atomic E-state index is 11.5. The van der Waals surface area contributed by atoms with Crippen LogP contribution in [0.3, 0.4) is 0 Å². The Labute approximate surface area is 132 Å². The van der Waals surface area contributed by atoms with Crippen molar-refractivity contribution in [3.05, 3.63) is 24.3 Å². The number of aromatic nitrogens is 2. The van der Waals surface area contributed by atoms with Crippen molar-refractivity contribution in [2.45, 2.75) is 17.7 Å². The summed E-state index contributed by atoms with van der Waals surface area (Å²) in [5, 5.41) is 2.84. The number of nitrogens with zero attached hydrogens (tertiary/aromatic N) is 2. The number of hydrogen-bond acceptors (Lipinski definition) is 6. The van der Waals surface area contributed by atoms with E-state index in [9.17, 15) is 4.79 Å². The number of carbonyl (C=O) groups is 1. The zero-order valence-corrected chi connectivity index (χ0v) is 13.6. The minimum atomic E-state index is 0.0306. The van der Waals surface area contributed by atoms with Crippen molar-refractivity contribution in [1.29, 1.82) is 0 Å². The van der Waals surface area contributed by atoms with Gasteiger partial charge in [0.2, 0.25) is 5.91 Å². The van der Waals surface area contributed by atoms with Gasteiger partial charge in [0, 0.05) is 12.1 Å². The Morgan fingerprint density at radius 3 is 2.81 bits per heavy atom. The van der Waals surface area contributed by atoms with Crippen molar-refractivity contribution >= 4 is 29.2 Å². The summed E-state index contributed by atoms with van der Waals surface area (Å²) < 4.78 is 10.2. The highest BCUT2D eigenvalue weighted by atomic mass is 32.2. The van der Waals surface area contributed by atoms with Crippen LogP contribution in [-0.4, -0.2) is 34.7 Å². The minimum Gasteiger partial charge on any atom is -0.497 e. The highest BCUT2D eigenvalue weighted by Crippen LogP contribution is 2.26. The van der Waals surface area contributed by atoms with E-state index in [1.165, 1.54) is 23.3 Å². The predicted molar refractivity (Wildman–Crippen MR) is 85.9 cm³/mol. The average Bonchev–Trinajstić information content (AvgIpc) is 3.00. The summed E-state index contributed by atoms with van der Waals surface area (Å²) in [4.78, 5) is 16.0. The van der Waals surface area contributed by atoms with E-state index in [1.54, 1.807) is 7.11 Å². The summed E-state index contributed by atoms with van der Waals surface area (Å²) in [5.41, 5.74) is 0.939.